The van der Waals surface area contributed by atoms with Crippen LogP contribution in [0.1, 0.15) is 0 Å². The fourth-order valence-corrected chi connectivity index (χ4v) is 4.02. The molecule has 0 saturated heterocycles. The molecule has 0 aromatic heterocycles. The molecule has 0 heterocycles. The molecule has 0 aliphatic carbocycles. The van der Waals surface area contributed by atoms with Gasteiger partial charge < -0.3 is 4.74 Å². The van der Waals surface area contributed by atoms with Gasteiger partial charge in [0.1, 0.15) is 0 Å². The first kappa shape index (κ1) is 19.7. The van der Waals surface area contributed by atoms with Crippen LogP contribution in [0.25, 0.3) is 0 Å². The first-order valence-electron chi connectivity index (χ1n) is 7.10. The summed E-state index contributed by atoms with van der Waals surface area (Å²) < 4.78 is 54.2. The Morgan fingerprint density at radius 3 is 2.00 bits per heavy atom. The highest BCUT2D eigenvalue weighted by Crippen LogP contribution is 2.31. The van der Waals surface area contributed by atoms with Crippen molar-refractivity contribution >= 4 is 31.2 Å². The maximum Gasteiger partial charge on any atom is 0.312 e. The standard InChI is InChI=1S/C15H16N2O7S2/c1-16(11-4-6-12(7-5-11)25(3,20)21)26(22,23)13-8-9-15(24-2)14(10-13)17(18)19/h4-10H,1-3H3. The van der Waals surface area contributed by atoms with E-state index in [4.69, 9.17) is 4.74 Å². The summed E-state index contributed by atoms with van der Waals surface area (Å²) in [4.78, 5) is 10.1. The minimum Gasteiger partial charge on any atom is -0.490 e. The van der Waals surface area contributed by atoms with E-state index < -0.39 is 30.5 Å². The van der Waals surface area contributed by atoms with Crippen molar-refractivity contribution in [3.05, 3.63) is 52.6 Å². The van der Waals surface area contributed by atoms with Crippen molar-refractivity contribution < 1.29 is 26.5 Å². The van der Waals surface area contributed by atoms with Gasteiger partial charge in [-0.2, -0.15) is 0 Å². The van der Waals surface area contributed by atoms with Gasteiger partial charge in [-0.25, -0.2) is 16.8 Å². The van der Waals surface area contributed by atoms with Crippen molar-refractivity contribution in [3.63, 3.8) is 0 Å². The van der Waals surface area contributed by atoms with E-state index in [9.17, 15) is 26.9 Å². The first-order chi connectivity index (χ1) is 12.0. The van der Waals surface area contributed by atoms with Gasteiger partial charge in [0, 0.05) is 19.4 Å². The van der Waals surface area contributed by atoms with E-state index in [-0.39, 0.29) is 21.2 Å². The second-order valence-electron chi connectivity index (χ2n) is 5.33. The van der Waals surface area contributed by atoms with Gasteiger partial charge in [-0.1, -0.05) is 0 Å². The zero-order valence-electron chi connectivity index (χ0n) is 14.1. The number of nitro groups is 1. The third-order valence-corrected chi connectivity index (χ3v) is 6.54. The van der Waals surface area contributed by atoms with Crippen molar-refractivity contribution in [1.82, 2.24) is 0 Å². The summed E-state index contributed by atoms with van der Waals surface area (Å²) in [6.07, 6.45) is 1.04. The van der Waals surface area contributed by atoms with Crippen LogP contribution in [-0.4, -0.2) is 42.2 Å². The summed E-state index contributed by atoms with van der Waals surface area (Å²) in [6, 6.07) is 8.56. The first-order valence-corrected chi connectivity index (χ1v) is 10.4. The van der Waals surface area contributed by atoms with E-state index >= 15 is 0 Å². The lowest BCUT2D eigenvalue weighted by atomic mass is 10.3. The zero-order valence-corrected chi connectivity index (χ0v) is 15.7. The Balaban J connectivity index is 2.47. The summed E-state index contributed by atoms with van der Waals surface area (Å²) in [7, 11) is -5.00. The van der Waals surface area contributed by atoms with Crippen LogP contribution in [0.5, 0.6) is 5.75 Å². The molecule has 0 spiro atoms. The number of nitrogens with zero attached hydrogens (tertiary/aromatic N) is 2. The molecule has 2 rings (SSSR count). The Morgan fingerprint density at radius 2 is 1.54 bits per heavy atom. The van der Waals surface area contributed by atoms with E-state index in [1.54, 1.807) is 0 Å². The Hall–Kier alpha value is -2.66. The molecule has 140 valence electrons. The molecular weight excluding hydrogens is 384 g/mol. The number of methoxy groups -OCH3 is 1. The summed E-state index contributed by atoms with van der Waals surface area (Å²) in [5, 5.41) is 11.1. The van der Waals surface area contributed by atoms with Gasteiger partial charge in [0.25, 0.3) is 10.0 Å². The molecule has 0 aliphatic rings. The van der Waals surface area contributed by atoms with E-state index in [1.165, 1.54) is 50.6 Å². The molecule has 26 heavy (non-hydrogen) atoms. The summed E-state index contributed by atoms with van der Waals surface area (Å²) in [6.45, 7) is 0. The monoisotopic (exact) mass is 400 g/mol. The van der Waals surface area contributed by atoms with Crippen LogP contribution in [0.3, 0.4) is 0 Å². The van der Waals surface area contributed by atoms with Crippen LogP contribution in [0, 0.1) is 10.1 Å². The predicted molar refractivity (Wildman–Crippen MR) is 94.8 cm³/mol. The lowest BCUT2D eigenvalue weighted by molar-refractivity contribution is -0.386. The number of sulfonamides is 1. The number of sulfone groups is 1. The summed E-state index contributed by atoms with van der Waals surface area (Å²) in [5.41, 5.74) is -0.273. The second-order valence-corrected chi connectivity index (χ2v) is 9.31. The number of hydrogen-bond acceptors (Lipinski definition) is 7. The van der Waals surface area contributed by atoms with E-state index in [0.717, 1.165) is 16.6 Å². The summed E-state index contributed by atoms with van der Waals surface area (Å²) >= 11 is 0. The van der Waals surface area contributed by atoms with Crippen molar-refractivity contribution in [3.8, 4) is 5.75 Å². The highest BCUT2D eigenvalue weighted by molar-refractivity contribution is 7.92. The van der Waals surface area contributed by atoms with Crippen molar-refractivity contribution in [2.45, 2.75) is 9.79 Å². The van der Waals surface area contributed by atoms with Crippen LogP contribution < -0.4 is 9.04 Å². The number of nitro benzene ring substituents is 1. The topological polar surface area (TPSA) is 124 Å². The van der Waals surface area contributed by atoms with Gasteiger partial charge in [-0.3, -0.25) is 14.4 Å². The second kappa shape index (κ2) is 6.92. The molecule has 2 aromatic rings. The lowest BCUT2D eigenvalue weighted by Gasteiger charge is -2.20. The maximum atomic E-state index is 12.7. The van der Waals surface area contributed by atoms with Crippen LogP contribution in [-0.2, 0) is 19.9 Å². The highest BCUT2D eigenvalue weighted by Gasteiger charge is 2.26. The van der Waals surface area contributed by atoms with Crippen LogP contribution in [0.4, 0.5) is 11.4 Å². The average molecular weight is 400 g/mol. The average Bonchev–Trinajstić information content (AvgIpc) is 2.59. The van der Waals surface area contributed by atoms with Crippen LogP contribution in [0.15, 0.2) is 52.3 Å². The molecular formula is C15H16N2O7S2. The highest BCUT2D eigenvalue weighted by atomic mass is 32.2. The molecule has 0 bridgehead atoms. The molecule has 0 amide bonds. The molecule has 0 fully saturated rings. The molecule has 0 atom stereocenters. The molecule has 0 unspecified atom stereocenters. The lowest BCUT2D eigenvalue weighted by Crippen LogP contribution is -2.26. The SMILES string of the molecule is COc1ccc(S(=O)(=O)N(C)c2ccc(S(C)(=O)=O)cc2)cc1[N+](=O)[O-]. The van der Waals surface area contributed by atoms with E-state index in [1.807, 2.05) is 0 Å². The number of ether oxygens (including phenoxy) is 1. The van der Waals surface area contributed by atoms with Crippen molar-refractivity contribution in [2.24, 2.45) is 0 Å². The van der Waals surface area contributed by atoms with Crippen LogP contribution in [0.2, 0.25) is 0 Å². The predicted octanol–water partition coefficient (Wildman–Crippen LogP) is 1.83. The van der Waals surface area contributed by atoms with E-state index in [0.29, 0.717) is 0 Å². The smallest absolute Gasteiger partial charge is 0.312 e. The quantitative estimate of drug-likeness (QED) is 0.535. The Morgan fingerprint density at radius 1 is 1.00 bits per heavy atom. The molecule has 0 N–H and O–H groups in total. The molecule has 2 aromatic carbocycles. The normalized spacial score (nSPS) is 11.8. The Labute approximate surface area is 150 Å². The summed E-state index contributed by atoms with van der Waals surface area (Å²) in [5.74, 6) is -0.0610. The maximum absolute atomic E-state index is 12.7. The number of benzene rings is 2. The zero-order chi connectivity index (χ0) is 19.7. The van der Waals surface area contributed by atoms with Gasteiger partial charge >= 0.3 is 5.69 Å². The van der Waals surface area contributed by atoms with E-state index in [2.05, 4.69) is 0 Å². The fourth-order valence-electron chi connectivity index (χ4n) is 2.17. The minimum absolute atomic E-state index is 0.0483. The number of rotatable bonds is 6. The van der Waals surface area contributed by atoms with Crippen molar-refractivity contribution in [2.75, 3.05) is 24.7 Å². The van der Waals surface area contributed by atoms with Gasteiger partial charge in [-0.05, 0) is 36.4 Å². The third kappa shape index (κ3) is 3.78. The molecule has 9 nitrogen and oxygen atoms in total. The van der Waals surface area contributed by atoms with Gasteiger partial charge in [0.05, 0.1) is 27.5 Å². The Bertz CT molecular complexity index is 1050. The van der Waals surface area contributed by atoms with Gasteiger partial charge in [0.2, 0.25) is 0 Å². The molecule has 0 saturated carbocycles. The fraction of sp³-hybridized carbons (Fsp3) is 0.200. The minimum atomic E-state index is -4.10. The Kier molecular flexibility index (Phi) is 5.23. The largest absolute Gasteiger partial charge is 0.490 e. The van der Waals surface area contributed by atoms with Gasteiger partial charge in [-0.15, -0.1) is 0 Å². The number of hydrogen-bond donors (Lipinski definition) is 0. The number of anilines is 1. The van der Waals surface area contributed by atoms with Crippen molar-refractivity contribution in [1.29, 1.82) is 0 Å². The molecule has 11 heteroatoms. The van der Waals surface area contributed by atoms with Gasteiger partial charge in [0.15, 0.2) is 15.6 Å². The third-order valence-electron chi connectivity index (χ3n) is 3.63. The molecule has 0 radical (unpaired) electrons. The molecule has 0 aliphatic heterocycles. The van der Waals surface area contributed by atoms with Crippen LogP contribution >= 0.6 is 0 Å².